The van der Waals surface area contributed by atoms with Crippen LogP contribution in [0.1, 0.15) is 0 Å². The summed E-state index contributed by atoms with van der Waals surface area (Å²) in [4.78, 5) is 5.96. The Bertz CT molecular complexity index is 1370. The minimum atomic E-state index is -1.20. The maximum atomic E-state index is 13.7. The number of hydrogen-bond acceptors (Lipinski definition) is 6. The lowest BCUT2D eigenvalue weighted by molar-refractivity contribution is 0.512. The van der Waals surface area contributed by atoms with Crippen LogP contribution < -0.4 is 10.4 Å². The van der Waals surface area contributed by atoms with Crippen LogP contribution in [0.2, 0.25) is 0 Å². The zero-order chi connectivity index (χ0) is 23.4. The molecule has 0 amide bonds. The van der Waals surface area contributed by atoms with Crippen molar-refractivity contribution in [3.63, 3.8) is 0 Å². The van der Waals surface area contributed by atoms with Crippen molar-refractivity contribution in [3.8, 4) is 46.5 Å². The van der Waals surface area contributed by atoms with Gasteiger partial charge in [0.25, 0.3) is 0 Å². The minimum Gasteiger partial charge on any atom is -0.192 e. The molecule has 1 aromatic carbocycles. The Kier molecular flexibility index (Phi) is 5.92. The maximum Gasteiger partial charge on any atom is 0.216 e. The molecular formula is C22H6F4N6. The second kappa shape index (κ2) is 8.75. The summed E-state index contributed by atoms with van der Waals surface area (Å²) in [5, 5.41) is 37.2. The highest BCUT2D eigenvalue weighted by atomic mass is 19.1. The lowest BCUT2D eigenvalue weighted by Crippen LogP contribution is -2.19. The van der Waals surface area contributed by atoms with Gasteiger partial charge in [-0.2, -0.15) is 48.6 Å². The van der Waals surface area contributed by atoms with E-state index in [2.05, 4.69) is 9.97 Å². The number of pyridine rings is 2. The van der Waals surface area contributed by atoms with Gasteiger partial charge in [0, 0.05) is 34.7 Å². The third-order valence-corrected chi connectivity index (χ3v) is 4.29. The van der Waals surface area contributed by atoms with Crippen LogP contribution in [0.15, 0.2) is 36.4 Å². The lowest BCUT2D eigenvalue weighted by atomic mass is 9.93. The molecule has 0 N–H and O–H groups in total. The summed E-state index contributed by atoms with van der Waals surface area (Å²) in [5.74, 6) is -4.80. The molecule has 0 aliphatic heterocycles. The first-order valence-electron chi connectivity index (χ1n) is 8.51. The normalized spacial score (nSPS) is 9.75. The van der Waals surface area contributed by atoms with E-state index in [1.165, 1.54) is 0 Å². The summed E-state index contributed by atoms with van der Waals surface area (Å²) >= 11 is 0. The van der Waals surface area contributed by atoms with Crippen LogP contribution in [0, 0.1) is 69.1 Å². The summed E-state index contributed by atoms with van der Waals surface area (Å²) in [6, 6.07) is 12.1. The van der Waals surface area contributed by atoms with E-state index >= 15 is 0 Å². The molecule has 152 valence electrons. The fraction of sp³-hybridized carbons (Fsp3) is 0. The molecule has 0 aliphatic carbocycles. The van der Waals surface area contributed by atoms with E-state index in [-0.39, 0.29) is 32.7 Å². The van der Waals surface area contributed by atoms with Gasteiger partial charge in [-0.3, -0.25) is 0 Å². The van der Waals surface area contributed by atoms with Crippen LogP contribution >= 0.6 is 0 Å². The SMILES string of the molecule is N#CC(C#N)=c1cc(-c2cc(F)nc(F)c2)c(=C(C#N)C#N)cc1-c1cc(F)nc(F)c1. The Morgan fingerprint density at radius 3 is 1.06 bits per heavy atom. The van der Waals surface area contributed by atoms with Gasteiger partial charge >= 0.3 is 0 Å². The van der Waals surface area contributed by atoms with Gasteiger partial charge in [0.1, 0.15) is 35.4 Å². The molecular weight excluding hydrogens is 424 g/mol. The van der Waals surface area contributed by atoms with Crippen molar-refractivity contribution in [1.29, 1.82) is 21.0 Å². The summed E-state index contributed by atoms with van der Waals surface area (Å²) in [6.07, 6.45) is 0. The smallest absolute Gasteiger partial charge is 0.192 e. The molecule has 0 bridgehead atoms. The quantitative estimate of drug-likeness (QED) is 0.455. The average molecular weight is 430 g/mol. The molecule has 0 radical (unpaired) electrons. The van der Waals surface area contributed by atoms with Gasteiger partial charge in [-0.25, -0.2) is 0 Å². The first-order valence-corrected chi connectivity index (χ1v) is 8.51. The van der Waals surface area contributed by atoms with E-state index in [9.17, 15) is 38.6 Å². The minimum absolute atomic E-state index is 0.0833. The predicted octanol–water partition coefficient (Wildman–Crippen LogP) is 2.76. The van der Waals surface area contributed by atoms with Gasteiger partial charge in [-0.1, -0.05) is 0 Å². The molecule has 0 saturated heterocycles. The van der Waals surface area contributed by atoms with Gasteiger partial charge in [0.05, 0.1) is 0 Å². The Morgan fingerprint density at radius 1 is 0.531 bits per heavy atom. The molecule has 0 fully saturated rings. The number of halogens is 4. The first-order chi connectivity index (χ1) is 15.3. The molecule has 3 aromatic rings. The molecule has 0 atom stereocenters. The van der Waals surface area contributed by atoms with E-state index in [4.69, 9.17) is 0 Å². The van der Waals surface area contributed by atoms with Crippen molar-refractivity contribution < 1.29 is 17.6 Å². The molecule has 2 heterocycles. The number of nitrogens with zero attached hydrogens (tertiary/aromatic N) is 6. The second-order valence-electron chi connectivity index (χ2n) is 6.14. The summed E-state index contributed by atoms with van der Waals surface area (Å²) < 4.78 is 55.0. The highest BCUT2D eigenvalue weighted by Gasteiger charge is 2.15. The molecule has 0 unspecified atom stereocenters. The van der Waals surface area contributed by atoms with Crippen molar-refractivity contribution in [3.05, 3.63) is 70.6 Å². The molecule has 0 spiro atoms. The predicted molar refractivity (Wildman–Crippen MR) is 101 cm³/mol. The largest absolute Gasteiger partial charge is 0.216 e. The Labute approximate surface area is 177 Å². The third-order valence-electron chi connectivity index (χ3n) is 4.29. The van der Waals surface area contributed by atoms with Crippen molar-refractivity contribution in [2.45, 2.75) is 0 Å². The van der Waals surface area contributed by atoms with Crippen LogP contribution in [-0.4, -0.2) is 9.97 Å². The molecule has 0 saturated carbocycles. The topological polar surface area (TPSA) is 121 Å². The number of rotatable bonds is 2. The van der Waals surface area contributed by atoms with Gasteiger partial charge in [-0.15, -0.1) is 0 Å². The molecule has 3 rings (SSSR count). The fourth-order valence-electron chi connectivity index (χ4n) is 3.02. The number of hydrogen-bond donors (Lipinski definition) is 0. The van der Waals surface area contributed by atoms with E-state index in [0.717, 1.165) is 36.4 Å². The average Bonchev–Trinajstić information content (AvgIpc) is 2.74. The van der Waals surface area contributed by atoms with Crippen molar-refractivity contribution >= 4 is 11.1 Å². The highest BCUT2D eigenvalue weighted by molar-refractivity contribution is 5.85. The van der Waals surface area contributed by atoms with Gasteiger partial charge in [-0.05, 0) is 34.4 Å². The van der Waals surface area contributed by atoms with Crippen LogP contribution in [-0.2, 0) is 0 Å². The fourth-order valence-corrected chi connectivity index (χ4v) is 3.02. The summed E-state index contributed by atoms with van der Waals surface area (Å²) in [7, 11) is 0. The molecule has 10 heteroatoms. The second-order valence-corrected chi connectivity index (χ2v) is 6.14. The molecule has 0 aliphatic rings. The monoisotopic (exact) mass is 430 g/mol. The summed E-state index contributed by atoms with van der Waals surface area (Å²) in [6.45, 7) is 0. The zero-order valence-corrected chi connectivity index (χ0v) is 15.7. The van der Waals surface area contributed by atoms with Crippen LogP contribution in [0.3, 0.4) is 0 Å². The number of benzene rings is 1. The molecule has 32 heavy (non-hydrogen) atoms. The first kappa shape index (κ1) is 21.6. The lowest BCUT2D eigenvalue weighted by Gasteiger charge is -2.10. The van der Waals surface area contributed by atoms with E-state index in [0.29, 0.717) is 0 Å². The Hall–Kier alpha value is -5.06. The van der Waals surface area contributed by atoms with E-state index in [1.54, 1.807) is 24.3 Å². The standard InChI is InChI=1S/C22H6F4N6/c23-19-1-11(2-20(24)31-19)15-5-18(14(9-29)10-30)16(6-17(15)13(7-27)8-28)12-3-21(25)32-22(26)4-12/h1-6H. The van der Waals surface area contributed by atoms with Crippen LogP contribution in [0.5, 0.6) is 0 Å². The number of aromatic nitrogens is 2. The van der Waals surface area contributed by atoms with E-state index in [1.807, 2.05) is 0 Å². The zero-order valence-electron chi connectivity index (χ0n) is 15.7. The Morgan fingerprint density at radius 2 is 0.812 bits per heavy atom. The van der Waals surface area contributed by atoms with Crippen molar-refractivity contribution in [1.82, 2.24) is 9.97 Å². The third kappa shape index (κ3) is 4.11. The molecule has 2 aromatic heterocycles. The van der Waals surface area contributed by atoms with Crippen molar-refractivity contribution in [2.24, 2.45) is 0 Å². The van der Waals surface area contributed by atoms with Gasteiger partial charge in [0.2, 0.25) is 23.8 Å². The van der Waals surface area contributed by atoms with Crippen molar-refractivity contribution in [2.75, 3.05) is 0 Å². The highest BCUT2D eigenvalue weighted by Crippen LogP contribution is 2.22. The van der Waals surface area contributed by atoms with Gasteiger partial charge < -0.3 is 0 Å². The van der Waals surface area contributed by atoms with Crippen LogP contribution in [0.4, 0.5) is 17.6 Å². The maximum absolute atomic E-state index is 13.7. The van der Waals surface area contributed by atoms with E-state index < -0.39 is 34.9 Å². The van der Waals surface area contributed by atoms with Crippen LogP contribution in [0.25, 0.3) is 33.4 Å². The summed E-state index contributed by atoms with van der Waals surface area (Å²) in [5.41, 5.74) is -1.45. The Balaban J connectivity index is 2.64. The van der Waals surface area contributed by atoms with Gasteiger partial charge in [0.15, 0.2) is 0 Å². The molecule has 6 nitrogen and oxygen atoms in total. The number of nitriles is 4.